The van der Waals surface area contributed by atoms with E-state index in [0.29, 0.717) is 18.5 Å². The van der Waals surface area contributed by atoms with Crippen molar-refractivity contribution in [1.82, 2.24) is 10.2 Å². The van der Waals surface area contributed by atoms with E-state index in [2.05, 4.69) is 23.9 Å². The SMILES string of the molecule is CC(C)NCC1CCN(CCOC(F)(F)F)CC1. The summed E-state index contributed by atoms with van der Waals surface area (Å²) in [5.74, 6) is 0.646. The number of hydrogen-bond donors (Lipinski definition) is 1. The molecule has 18 heavy (non-hydrogen) atoms. The first kappa shape index (κ1) is 15.7. The number of hydrogen-bond acceptors (Lipinski definition) is 3. The number of ether oxygens (including phenoxy) is 1. The van der Waals surface area contributed by atoms with Crippen LogP contribution in [0.2, 0.25) is 0 Å². The summed E-state index contributed by atoms with van der Waals surface area (Å²) >= 11 is 0. The van der Waals surface area contributed by atoms with Crippen LogP contribution in [0.25, 0.3) is 0 Å². The van der Waals surface area contributed by atoms with E-state index in [-0.39, 0.29) is 6.61 Å². The molecular weight excluding hydrogens is 245 g/mol. The van der Waals surface area contributed by atoms with Gasteiger partial charge in [-0.25, -0.2) is 0 Å². The number of halogens is 3. The number of likely N-dealkylation sites (tertiary alicyclic amines) is 1. The zero-order valence-electron chi connectivity index (χ0n) is 11.1. The molecule has 1 rings (SSSR count). The minimum atomic E-state index is -4.50. The van der Waals surface area contributed by atoms with Crippen molar-refractivity contribution < 1.29 is 17.9 Å². The molecule has 1 fully saturated rings. The summed E-state index contributed by atoms with van der Waals surface area (Å²) in [5.41, 5.74) is 0. The normalized spacial score (nSPS) is 19.7. The van der Waals surface area contributed by atoms with Gasteiger partial charge in [-0.15, -0.1) is 13.2 Å². The predicted molar refractivity (Wildman–Crippen MR) is 64.3 cm³/mol. The van der Waals surface area contributed by atoms with Crippen LogP contribution in [0.15, 0.2) is 0 Å². The molecule has 1 saturated heterocycles. The van der Waals surface area contributed by atoms with E-state index in [4.69, 9.17) is 0 Å². The quantitative estimate of drug-likeness (QED) is 0.799. The van der Waals surface area contributed by atoms with Crippen molar-refractivity contribution in [2.24, 2.45) is 5.92 Å². The largest absolute Gasteiger partial charge is 0.522 e. The summed E-state index contributed by atoms with van der Waals surface area (Å²) in [7, 11) is 0. The zero-order valence-corrected chi connectivity index (χ0v) is 11.1. The van der Waals surface area contributed by atoms with Crippen molar-refractivity contribution >= 4 is 0 Å². The molecule has 0 amide bonds. The molecule has 1 aliphatic rings. The maximum atomic E-state index is 11.8. The number of nitrogens with zero attached hydrogens (tertiary/aromatic N) is 1. The average molecular weight is 268 g/mol. The van der Waals surface area contributed by atoms with E-state index < -0.39 is 6.36 Å². The highest BCUT2D eigenvalue weighted by atomic mass is 19.4. The first-order valence-corrected chi connectivity index (χ1v) is 6.53. The molecular formula is C12H23F3N2O. The van der Waals surface area contributed by atoms with Crippen LogP contribution in [0, 0.1) is 5.92 Å². The fourth-order valence-corrected chi connectivity index (χ4v) is 2.11. The van der Waals surface area contributed by atoms with Gasteiger partial charge in [0.15, 0.2) is 0 Å². The van der Waals surface area contributed by atoms with Crippen LogP contribution in [0.3, 0.4) is 0 Å². The molecule has 0 aromatic rings. The van der Waals surface area contributed by atoms with Crippen molar-refractivity contribution in [2.75, 3.05) is 32.8 Å². The summed E-state index contributed by atoms with van der Waals surface area (Å²) in [6.07, 6.45) is -2.41. The lowest BCUT2D eigenvalue weighted by atomic mass is 9.96. The van der Waals surface area contributed by atoms with Gasteiger partial charge in [-0.05, 0) is 38.4 Å². The molecule has 0 atom stereocenters. The second-order valence-electron chi connectivity index (χ2n) is 5.14. The summed E-state index contributed by atoms with van der Waals surface area (Å²) in [4.78, 5) is 2.04. The molecule has 0 aromatic heterocycles. The van der Waals surface area contributed by atoms with Gasteiger partial charge in [0.05, 0.1) is 6.61 Å². The molecule has 108 valence electrons. The van der Waals surface area contributed by atoms with E-state index in [9.17, 15) is 13.2 Å². The third-order valence-electron chi connectivity index (χ3n) is 3.20. The van der Waals surface area contributed by atoms with Gasteiger partial charge >= 0.3 is 6.36 Å². The highest BCUT2D eigenvalue weighted by Gasteiger charge is 2.29. The minimum absolute atomic E-state index is 0.265. The molecule has 0 bridgehead atoms. The molecule has 0 aliphatic carbocycles. The van der Waals surface area contributed by atoms with Gasteiger partial charge in [0.2, 0.25) is 0 Å². The van der Waals surface area contributed by atoms with Crippen molar-refractivity contribution in [1.29, 1.82) is 0 Å². The maximum absolute atomic E-state index is 11.8. The number of piperidine rings is 1. The molecule has 3 nitrogen and oxygen atoms in total. The highest BCUT2D eigenvalue weighted by Crippen LogP contribution is 2.18. The van der Waals surface area contributed by atoms with Crippen LogP contribution in [0.5, 0.6) is 0 Å². The molecule has 0 aromatic carbocycles. The van der Waals surface area contributed by atoms with Crippen LogP contribution < -0.4 is 5.32 Å². The molecule has 0 unspecified atom stereocenters. The van der Waals surface area contributed by atoms with Gasteiger partial charge in [0, 0.05) is 12.6 Å². The first-order chi connectivity index (χ1) is 8.37. The van der Waals surface area contributed by atoms with Crippen LogP contribution in [0.1, 0.15) is 26.7 Å². The van der Waals surface area contributed by atoms with Crippen molar-refractivity contribution in [3.63, 3.8) is 0 Å². The Morgan fingerprint density at radius 2 is 1.89 bits per heavy atom. The van der Waals surface area contributed by atoms with Gasteiger partial charge in [-0.1, -0.05) is 13.8 Å². The Labute approximate surface area is 107 Å². The van der Waals surface area contributed by atoms with Crippen molar-refractivity contribution in [2.45, 2.75) is 39.1 Å². The number of alkyl halides is 3. The standard InChI is InChI=1S/C12H23F3N2O/c1-10(2)16-9-11-3-5-17(6-4-11)7-8-18-12(13,14)15/h10-11,16H,3-9H2,1-2H3. The number of rotatable bonds is 6. The van der Waals surface area contributed by atoms with Crippen molar-refractivity contribution in [3.8, 4) is 0 Å². The highest BCUT2D eigenvalue weighted by molar-refractivity contribution is 4.74. The summed E-state index contributed by atoms with van der Waals surface area (Å²) in [6.45, 7) is 7.07. The molecule has 1 N–H and O–H groups in total. The lowest BCUT2D eigenvalue weighted by Crippen LogP contribution is -2.40. The molecule has 0 saturated carbocycles. The minimum Gasteiger partial charge on any atom is -0.314 e. The van der Waals surface area contributed by atoms with Gasteiger partial charge < -0.3 is 10.2 Å². The molecule has 1 heterocycles. The van der Waals surface area contributed by atoms with E-state index >= 15 is 0 Å². The second-order valence-corrected chi connectivity index (χ2v) is 5.14. The Morgan fingerprint density at radius 3 is 2.39 bits per heavy atom. The Hall–Kier alpha value is -0.330. The van der Waals surface area contributed by atoms with Crippen LogP contribution >= 0.6 is 0 Å². The third-order valence-corrected chi connectivity index (χ3v) is 3.20. The Morgan fingerprint density at radius 1 is 1.28 bits per heavy atom. The lowest BCUT2D eigenvalue weighted by molar-refractivity contribution is -0.325. The van der Waals surface area contributed by atoms with Crippen LogP contribution in [-0.2, 0) is 4.74 Å². The molecule has 0 spiro atoms. The van der Waals surface area contributed by atoms with Gasteiger partial charge in [-0.3, -0.25) is 4.74 Å². The fourth-order valence-electron chi connectivity index (χ4n) is 2.11. The van der Waals surface area contributed by atoms with E-state index in [0.717, 1.165) is 32.5 Å². The summed E-state index contributed by atoms with van der Waals surface area (Å²) in [6, 6.07) is 0.489. The van der Waals surface area contributed by atoms with E-state index in [1.807, 2.05) is 4.90 Å². The third kappa shape index (κ3) is 7.18. The Kier molecular flexibility index (Phi) is 6.38. The average Bonchev–Trinajstić information content (AvgIpc) is 2.26. The number of nitrogens with one attached hydrogen (secondary N) is 1. The van der Waals surface area contributed by atoms with Crippen molar-refractivity contribution in [3.05, 3.63) is 0 Å². The van der Waals surface area contributed by atoms with Gasteiger partial charge in [0.1, 0.15) is 0 Å². The first-order valence-electron chi connectivity index (χ1n) is 6.53. The fraction of sp³-hybridized carbons (Fsp3) is 1.00. The van der Waals surface area contributed by atoms with E-state index in [1.165, 1.54) is 0 Å². The van der Waals surface area contributed by atoms with Gasteiger partial charge in [-0.2, -0.15) is 0 Å². The maximum Gasteiger partial charge on any atom is 0.522 e. The van der Waals surface area contributed by atoms with Crippen LogP contribution in [0.4, 0.5) is 13.2 Å². The second kappa shape index (κ2) is 7.31. The monoisotopic (exact) mass is 268 g/mol. The lowest BCUT2D eigenvalue weighted by Gasteiger charge is -2.32. The molecule has 0 radical (unpaired) electrons. The Bertz CT molecular complexity index is 226. The predicted octanol–water partition coefficient (Wildman–Crippen LogP) is 2.23. The van der Waals surface area contributed by atoms with E-state index in [1.54, 1.807) is 0 Å². The zero-order chi connectivity index (χ0) is 13.6. The van der Waals surface area contributed by atoms with Crippen LogP contribution in [-0.4, -0.2) is 50.1 Å². The summed E-state index contributed by atoms with van der Waals surface area (Å²) in [5, 5.41) is 3.40. The smallest absolute Gasteiger partial charge is 0.314 e. The molecule has 1 aliphatic heterocycles. The molecule has 6 heteroatoms. The summed E-state index contributed by atoms with van der Waals surface area (Å²) < 4.78 is 39.2. The Balaban J connectivity index is 2.08. The topological polar surface area (TPSA) is 24.5 Å². The van der Waals surface area contributed by atoms with Gasteiger partial charge in [0.25, 0.3) is 0 Å².